The van der Waals surface area contributed by atoms with Gasteiger partial charge in [0.05, 0.1) is 5.52 Å². The molecule has 5 heteroatoms. The number of carbonyl (C=O) groups is 1. The number of fused-ring (bicyclic) bond motifs is 3. The van der Waals surface area contributed by atoms with Crippen LogP contribution >= 0.6 is 0 Å². The second-order valence-corrected chi connectivity index (χ2v) is 13.0. The zero-order valence-electron chi connectivity index (χ0n) is 20.9. The lowest BCUT2D eigenvalue weighted by molar-refractivity contribution is 0.0788. The summed E-state index contributed by atoms with van der Waals surface area (Å²) >= 11 is 0. The quantitative estimate of drug-likeness (QED) is 0.188. The van der Waals surface area contributed by atoms with Gasteiger partial charge < -0.3 is 9.41 Å². The van der Waals surface area contributed by atoms with Gasteiger partial charge in [-0.05, 0) is 47.3 Å². The molecule has 1 atom stereocenters. The van der Waals surface area contributed by atoms with E-state index in [1.54, 1.807) is 0 Å². The fourth-order valence-electron chi connectivity index (χ4n) is 5.19. The molecule has 38 heavy (non-hydrogen) atoms. The van der Waals surface area contributed by atoms with Gasteiger partial charge in [-0.15, -0.1) is 0 Å². The molecule has 0 aliphatic rings. The molecule has 6 aromatic rings. The molecule has 6 rings (SSSR count). The number of para-hydroxylation sites is 2. The third kappa shape index (κ3) is 4.26. The Labute approximate surface area is 221 Å². The van der Waals surface area contributed by atoms with Crippen molar-refractivity contribution >= 4 is 46.3 Å². The number of ketones is 1. The van der Waals surface area contributed by atoms with Crippen molar-refractivity contribution in [1.82, 2.24) is 4.98 Å². The van der Waals surface area contributed by atoms with Crippen LogP contribution in [-0.2, 0) is 4.43 Å². The molecule has 0 bridgehead atoms. The second-order valence-electron chi connectivity index (χ2n) is 9.57. The third-order valence-corrected chi connectivity index (χ3v) is 10.8. The Bertz CT molecular complexity index is 1690. The van der Waals surface area contributed by atoms with E-state index in [0.717, 1.165) is 37.7 Å². The smallest absolute Gasteiger partial charge is 0.254 e. The normalized spacial score (nSPS) is 12.6. The first kappa shape index (κ1) is 24.0. The molecule has 0 aliphatic heterocycles. The zero-order valence-corrected chi connectivity index (χ0v) is 21.9. The van der Waals surface area contributed by atoms with Gasteiger partial charge in [-0.25, -0.2) is 4.39 Å². The molecule has 1 aromatic heterocycles. The van der Waals surface area contributed by atoms with Crippen molar-refractivity contribution in [3.05, 3.63) is 144 Å². The van der Waals surface area contributed by atoms with Crippen LogP contribution in [0.5, 0.6) is 0 Å². The lowest BCUT2D eigenvalue weighted by atomic mass is 9.98. The van der Waals surface area contributed by atoms with E-state index >= 15 is 0 Å². The second kappa shape index (κ2) is 9.86. The van der Waals surface area contributed by atoms with Gasteiger partial charge in [0.25, 0.3) is 8.32 Å². The summed E-state index contributed by atoms with van der Waals surface area (Å²) in [4.78, 5) is 17.7. The van der Waals surface area contributed by atoms with Crippen LogP contribution in [0.4, 0.5) is 4.39 Å². The van der Waals surface area contributed by atoms with E-state index in [1.165, 1.54) is 24.3 Å². The number of aromatic nitrogens is 1. The molecule has 0 fully saturated rings. The zero-order chi connectivity index (χ0) is 26.1. The van der Waals surface area contributed by atoms with Gasteiger partial charge in [0.1, 0.15) is 11.9 Å². The van der Waals surface area contributed by atoms with Crippen molar-refractivity contribution in [3.63, 3.8) is 0 Å². The summed E-state index contributed by atoms with van der Waals surface area (Å²) in [6.45, 7) is 2.13. The highest BCUT2D eigenvalue weighted by molar-refractivity contribution is 6.96. The van der Waals surface area contributed by atoms with E-state index in [2.05, 4.69) is 47.9 Å². The lowest BCUT2D eigenvalue weighted by Gasteiger charge is -2.33. The predicted octanol–water partition coefficient (Wildman–Crippen LogP) is 6.79. The Morgan fingerprint density at radius 1 is 0.711 bits per heavy atom. The maximum Gasteiger partial charge on any atom is 0.254 e. The van der Waals surface area contributed by atoms with E-state index in [0.29, 0.717) is 5.56 Å². The summed E-state index contributed by atoms with van der Waals surface area (Å²) in [5.41, 5.74) is 3.03. The van der Waals surface area contributed by atoms with Gasteiger partial charge in [-0.1, -0.05) is 97.1 Å². The average Bonchev–Trinajstić information content (AvgIpc) is 3.36. The van der Waals surface area contributed by atoms with E-state index in [4.69, 9.17) is 4.43 Å². The first-order valence-electron chi connectivity index (χ1n) is 12.6. The van der Waals surface area contributed by atoms with Crippen molar-refractivity contribution in [3.8, 4) is 0 Å². The van der Waals surface area contributed by atoms with Crippen molar-refractivity contribution in [2.75, 3.05) is 0 Å². The number of rotatable bonds is 7. The molecule has 186 valence electrons. The van der Waals surface area contributed by atoms with Crippen molar-refractivity contribution in [2.45, 2.75) is 12.7 Å². The van der Waals surface area contributed by atoms with Crippen molar-refractivity contribution in [1.29, 1.82) is 0 Å². The maximum absolute atomic E-state index is 14.2. The molecule has 0 radical (unpaired) electrons. The van der Waals surface area contributed by atoms with Crippen LogP contribution in [0, 0.1) is 5.82 Å². The maximum atomic E-state index is 14.2. The molecular formula is C33H26FNO2Si. The fourth-order valence-corrected chi connectivity index (χ4v) is 8.16. The molecule has 3 nitrogen and oxygen atoms in total. The molecule has 0 saturated heterocycles. The summed E-state index contributed by atoms with van der Waals surface area (Å²) in [6, 6.07) is 40.0. The van der Waals surface area contributed by atoms with Crippen LogP contribution in [-0.4, -0.2) is 19.1 Å². The standard InChI is InChI=1S/C33H26FNO2Si/c1-38(25-11-4-2-5-12-25,26-13-6-3-7-14-26)37-33(32(36)23-19-21-24(34)22-20-23)29-17-10-16-28-27-15-8-9-18-30(27)35-31(28)29/h2-22,33,35H,1H3/t33-/m0/s1. The van der Waals surface area contributed by atoms with Crippen molar-refractivity contribution in [2.24, 2.45) is 0 Å². The molecule has 0 amide bonds. The highest BCUT2D eigenvalue weighted by Gasteiger charge is 2.40. The molecule has 0 unspecified atom stereocenters. The van der Waals surface area contributed by atoms with E-state index in [1.807, 2.05) is 66.7 Å². The molecule has 5 aromatic carbocycles. The van der Waals surface area contributed by atoms with Crippen LogP contribution in [0.3, 0.4) is 0 Å². The molecule has 0 saturated carbocycles. The number of nitrogens with one attached hydrogen (secondary N) is 1. The van der Waals surface area contributed by atoms with E-state index in [9.17, 15) is 9.18 Å². The highest BCUT2D eigenvalue weighted by Crippen LogP contribution is 2.35. The Morgan fingerprint density at radius 3 is 1.95 bits per heavy atom. The number of hydrogen-bond acceptors (Lipinski definition) is 2. The SMILES string of the molecule is C[Si](O[C@H](C(=O)c1ccc(F)cc1)c1cccc2c1[nH]c1ccccc12)(c1ccccc1)c1ccccc1. The number of aromatic amines is 1. The monoisotopic (exact) mass is 515 g/mol. The third-order valence-electron chi connectivity index (χ3n) is 7.23. The van der Waals surface area contributed by atoms with Gasteiger partial charge in [0.15, 0.2) is 5.78 Å². The van der Waals surface area contributed by atoms with Crippen LogP contribution < -0.4 is 10.4 Å². The lowest BCUT2D eigenvalue weighted by Crippen LogP contribution is -2.59. The van der Waals surface area contributed by atoms with E-state index < -0.39 is 14.4 Å². The number of H-pyrrole nitrogens is 1. The summed E-state index contributed by atoms with van der Waals surface area (Å²) in [7, 11) is -2.89. The van der Waals surface area contributed by atoms with E-state index in [-0.39, 0.29) is 11.6 Å². The summed E-state index contributed by atoms with van der Waals surface area (Å²) in [5, 5.41) is 4.24. The average molecular weight is 516 g/mol. The van der Waals surface area contributed by atoms with Crippen LogP contribution in [0.25, 0.3) is 21.8 Å². The predicted molar refractivity (Wildman–Crippen MR) is 154 cm³/mol. The summed E-state index contributed by atoms with van der Waals surface area (Å²) < 4.78 is 20.9. The molecular weight excluding hydrogens is 489 g/mol. The van der Waals surface area contributed by atoms with Crippen LogP contribution in [0.2, 0.25) is 6.55 Å². The largest absolute Gasteiger partial charge is 0.394 e. The van der Waals surface area contributed by atoms with Gasteiger partial charge >= 0.3 is 0 Å². The Hall–Kier alpha value is -4.32. The van der Waals surface area contributed by atoms with Crippen molar-refractivity contribution < 1.29 is 13.6 Å². The number of carbonyl (C=O) groups excluding carboxylic acids is 1. The number of hydrogen-bond donors (Lipinski definition) is 1. The molecule has 1 heterocycles. The Morgan fingerprint density at radius 2 is 1.29 bits per heavy atom. The van der Waals surface area contributed by atoms with Gasteiger partial charge in [-0.3, -0.25) is 4.79 Å². The first-order chi connectivity index (χ1) is 18.5. The highest BCUT2D eigenvalue weighted by atomic mass is 28.4. The van der Waals surface area contributed by atoms with Crippen LogP contribution in [0.1, 0.15) is 22.0 Å². The minimum atomic E-state index is -2.89. The number of benzene rings is 5. The summed E-state index contributed by atoms with van der Waals surface area (Å²) in [6.07, 6.45) is -0.908. The Balaban J connectivity index is 1.57. The topological polar surface area (TPSA) is 42.1 Å². The van der Waals surface area contributed by atoms with Gasteiger partial charge in [0.2, 0.25) is 0 Å². The molecule has 0 spiro atoms. The number of Topliss-reactive ketones (excluding diaryl/α,β-unsaturated/α-hetero) is 1. The first-order valence-corrected chi connectivity index (χ1v) is 15.0. The van der Waals surface area contributed by atoms with Gasteiger partial charge in [-0.2, -0.15) is 0 Å². The minimum Gasteiger partial charge on any atom is -0.394 e. The minimum absolute atomic E-state index is 0.207. The fraction of sp³-hybridized carbons (Fsp3) is 0.0606. The van der Waals surface area contributed by atoms with Crippen LogP contribution in [0.15, 0.2) is 127 Å². The van der Waals surface area contributed by atoms with Gasteiger partial charge in [0, 0.05) is 27.4 Å². The number of halogens is 1. The molecule has 1 N–H and O–H groups in total. The summed E-state index contributed by atoms with van der Waals surface area (Å²) in [5.74, 6) is -0.591. The molecule has 0 aliphatic carbocycles. The Kier molecular flexibility index (Phi) is 6.24.